The van der Waals surface area contributed by atoms with Gasteiger partial charge in [-0.25, -0.2) is 4.98 Å². The second-order valence-electron chi connectivity index (χ2n) is 8.26. The first kappa shape index (κ1) is 18.0. The number of aryl methyl sites for hydroxylation is 1. The van der Waals surface area contributed by atoms with Gasteiger partial charge in [-0.1, -0.05) is 0 Å². The fourth-order valence-electron chi connectivity index (χ4n) is 5.13. The van der Waals surface area contributed by atoms with Crippen molar-refractivity contribution in [2.75, 3.05) is 32.7 Å². The predicted molar refractivity (Wildman–Crippen MR) is 102 cm³/mol. The van der Waals surface area contributed by atoms with Crippen molar-refractivity contribution in [1.29, 1.82) is 0 Å². The van der Waals surface area contributed by atoms with E-state index in [2.05, 4.69) is 37.8 Å². The molecule has 0 spiro atoms. The Morgan fingerprint density at radius 3 is 2.88 bits per heavy atom. The smallest absolute Gasteiger partial charge is 0.222 e. The van der Waals surface area contributed by atoms with Crippen LogP contribution in [-0.2, 0) is 17.9 Å². The van der Waals surface area contributed by atoms with Crippen LogP contribution in [0.15, 0.2) is 12.4 Å². The largest absolute Gasteiger partial charge is 0.339 e. The van der Waals surface area contributed by atoms with Crippen LogP contribution in [0.25, 0.3) is 0 Å². The summed E-state index contributed by atoms with van der Waals surface area (Å²) < 4.78 is 2.24. The topological polar surface area (TPSA) is 53.4 Å². The lowest BCUT2D eigenvalue weighted by atomic mass is 9.82. The molecule has 6 nitrogen and oxygen atoms in total. The molecule has 26 heavy (non-hydrogen) atoms. The van der Waals surface area contributed by atoms with E-state index < -0.39 is 0 Å². The van der Waals surface area contributed by atoms with E-state index in [0.29, 0.717) is 23.8 Å². The first-order chi connectivity index (χ1) is 12.7. The Hall–Kier alpha value is -1.40. The fourth-order valence-corrected chi connectivity index (χ4v) is 5.13. The van der Waals surface area contributed by atoms with Crippen LogP contribution >= 0.6 is 0 Å². The highest BCUT2D eigenvalue weighted by atomic mass is 16.2. The maximum atomic E-state index is 12.6. The maximum absolute atomic E-state index is 12.6. The molecule has 0 aromatic carbocycles. The third-order valence-corrected chi connectivity index (χ3v) is 6.65. The number of carbonyl (C=O) groups excluding carboxylic acids is 1. The minimum Gasteiger partial charge on any atom is -0.339 e. The van der Waals surface area contributed by atoms with Crippen LogP contribution in [-0.4, -0.2) is 64.0 Å². The third-order valence-electron chi connectivity index (χ3n) is 6.65. The van der Waals surface area contributed by atoms with Gasteiger partial charge in [0.15, 0.2) is 0 Å². The zero-order chi connectivity index (χ0) is 17.9. The van der Waals surface area contributed by atoms with Gasteiger partial charge in [0.25, 0.3) is 0 Å². The number of hydrogen-bond donors (Lipinski definition) is 1. The second-order valence-corrected chi connectivity index (χ2v) is 8.26. The Bertz CT molecular complexity index is 609. The minimum absolute atomic E-state index is 0.403. The molecule has 2 atom stereocenters. The van der Waals surface area contributed by atoms with E-state index in [1.807, 2.05) is 6.20 Å². The summed E-state index contributed by atoms with van der Waals surface area (Å²) >= 11 is 0. The molecule has 6 heteroatoms. The zero-order valence-electron chi connectivity index (χ0n) is 16.1. The van der Waals surface area contributed by atoms with Crippen molar-refractivity contribution < 1.29 is 4.79 Å². The Morgan fingerprint density at radius 1 is 1.23 bits per heavy atom. The Kier molecular flexibility index (Phi) is 5.60. The molecule has 4 rings (SSSR count). The molecule has 3 fully saturated rings. The summed E-state index contributed by atoms with van der Waals surface area (Å²) in [6.07, 6.45) is 9.33. The molecule has 3 saturated heterocycles. The molecule has 144 valence electrons. The van der Waals surface area contributed by atoms with Crippen LogP contribution in [0.5, 0.6) is 0 Å². The SMILES string of the molecule is CCn1ccnc1CN1CC[C@@H]2[C@@H](CCC(=O)N2CC2CCNCC2)C1. The second kappa shape index (κ2) is 8.09. The first-order valence-electron chi connectivity index (χ1n) is 10.5. The van der Waals surface area contributed by atoms with Crippen molar-refractivity contribution >= 4 is 5.91 Å². The molecule has 0 unspecified atom stereocenters. The van der Waals surface area contributed by atoms with Crippen molar-refractivity contribution in [3.05, 3.63) is 18.2 Å². The number of hydrogen-bond acceptors (Lipinski definition) is 4. The summed E-state index contributed by atoms with van der Waals surface area (Å²) in [6, 6.07) is 0.466. The van der Waals surface area contributed by atoms with Crippen molar-refractivity contribution in [3.8, 4) is 0 Å². The molecule has 0 saturated carbocycles. The molecule has 1 aromatic heterocycles. The van der Waals surface area contributed by atoms with Crippen LogP contribution < -0.4 is 5.32 Å². The minimum atomic E-state index is 0.403. The molecule has 0 aliphatic carbocycles. The predicted octanol–water partition coefficient (Wildman–Crippen LogP) is 1.72. The summed E-state index contributed by atoms with van der Waals surface area (Å²) in [5.74, 6) is 2.89. The normalized spacial score (nSPS) is 28.3. The summed E-state index contributed by atoms with van der Waals surface area (Å²) in [6.45, 7) is 9.48. The van der Waals surface area contributed by atoms with E-state index in [9.17, 15) is 4.79 Å². The van der Waals surface area contributed by atoms with Gasteiger partial charge in [0.1, 0.15) is 5.82 Å². The van der Waals surface area contributed by atoms with E-state index in [1.54, 1.807) is 0 Å². The molecule has 1 N–H and O–H groups in total. The van der Waals surface area contributed by atoms with Crippen LogP contribution in [0.4, 0.5) is 0 Å². The van der Waals surface area contributed by atoms with E-state index in [4.69, 9.17) is 0 Å². The lowest BCUT2D eigenvalue weighted by molar-refractivity contribution is -0.142. The van der Waals surface area contributed by atoms with Crippen molar-refractivity contribution in [3.63, 3.8) is 0 Å². The Morgan fingerprint density at radius 2 is 2.08 bits per heavy atom. The van der Waals surface area contributed by atoms with E-state index in [-0.39, 0.29) is 0 Å². The summed E-state index contributed by atoms with van der Waals surface area (Å²) in [5.41, 5.74) is 0. The highest BCUT2D eigenvalue weighted by Crippen LogP contribution is 2.33. The van der Waals surface area contributed by atoms with Gasteiger partial charge in [-0.2, -0.15) is 0 Å². The summed E-state index contributed by atoms with van der Waals surface area (Å²) in [7, 11) is 0. The Balaban J connectivity index is 1.37. The van der Waals surface area contributed by atoms with Gasteiger partial charge >= 0.3 is 0 Å². The fraction of sp³-hybridized carbons (Fsp3) is 0.800. The molecule has 0 bridgehead atoms. The van der Waals surface area contributed by atoms with Crippen LogP contribution in [0.2, 0.25) is 0 Å². The highest BCUT2D eigenvalue weighted by Gasteiger charge is 2.40. The lowest BCUT2D eigenvalue weighted by Crippen LogP contribution is -2.57. The first-order valence-corrected chi connectivity index (χ1v) is 10.5. The van der Waals surface area contributed by atoms with Crippen molar-refractivity contribution in [1.82, 2.24) is 24.7 Å². The van der Waals surface area contributed by atoms with Gasteiger partial charge in [-0.3, -0.25) is 9.69 Å². The molecule has 4 heterocycles. The molecular formula is C20H33N5O. The molecular weight excluding hydrogens is 326 g/mol. The van der Waals surface area contributed by atoms with Crippen molar-refractivity contribution in [2.24, 2.45) is 11.8 Å². The van der Waals surface area contributed by atoms with Crippen LogP contribution in [0.1, 0.15) is 44.9 Å². The number of amides is 1. The highest BCUT2D eigenvalue weighted by molar-refractivity contribution is 5.77. The number of piperidine rings is 3. The van der Waals surface area contributed by atoms with Crippen molar-refractivity contribution in [2.45, 2.75) is 58.2 Å². The molecule has 3 aliphatic rings. The quantitative estimate of drug-likeness (QED) is 0.870. The number of aromatic nitrogens is 2. The van der Waals surface area contributed by atoms with E-state index in [0.717, 1.165) is 65.1 Å². The van der Waals surface area contributed by atoms with Gasteiger partial charge in [0.05, 0.1) is 6.54 Å². The van der Waals surface area contributed by atoms with E-state index >= 15 is 0 Å². The van der Waals surface area contributed by atoms with Gasteiger partial charge < -0.3 is 14.8 Å². The molecule has 0 radical (unpaired) electrons. The number of imidazole rings is 1. The monoisotopic (exact) mass is 359 g/mol. The number of carbonyl (C=O) groups is 1. The van der Waals surface area contributed by atoms with Gasteiger partial charge in [-0.05, 0) is 57.5 Å². The zero-order valence-corrected chi connectivity index (χ0v) is 16.1. The number of fused-ring (bicyclic) bond motifs is 1. The standard InChI is InChI=1S/C20H33N5O/c1-2-24-12-10-22-19(24)15-23-11-7-18-17(14-23)3-4-20(26)25(18)13-16-5-8-21-9-6-16/h10,12,16-18,21H,2-9,11,13-15H2,1H3/t17-,18+/m0/s1. The average Bonchev–Trinajstić information content (AvgIpc) is 3.12. The molecule has 1 amide bonds. The average molecular weight is 360 g/mol. The third kappa shape index (κ3) is 3.81. The number of rotatable bonds is 5. The molecule has 3 aliphatic heterocycles. The summed E-state index contributed by atoms with van der Waals surface area (Å²) in [4.78, 5) is 22.0. The molecule has 1 aromatic rings. The van der Waals surface area contributed by atoms with Crippen LogP contribution in [0, 0.1) is 11.8 Å². The van der Waals surface area contributed by atoms with Gasteiger partial charge in [0, 0.05) is 51.0 Å². The lowest BCUT2D eigenvalue weighted by Gasteiger charge is -2.48. The van der Waals surface area contributed by atoms with Gasteiger partial charge in [-0.15, -0.1) is 0 Å². The number of nitrogens with one attached hydrogen (secondary N) is 1. The summed E-state index contributed by atoms with van der Waals surface area (Å²) in [5, 5.41) is 3.44. The van der Waals surface area contributed by atoms with Gasteiger partial charge in [0.2, 0.25) is 5.91 Å². The Labute approximate surface area is 156 Å². The van der Waals surface area contributed by atoms with Crippen LogP contribution in [0.3, 0.4) is 0 Å². The van der Waals surface area contributed by atoms with E-state index in [1.165, 1.54) is 18.7 Å². The maximum Gasteiger partial charge on any atom is 0.222 e. The number of likely N-dealkylation sites (tertiary alicyclic amines) is 2. The number of nitrogens with zero attached hydrogens (tertiary/aromatic N) is 4.